The molecule has 0 unspecified atom stereocenters. The maximum Gasteiger partial charge on any atom is 0.286 e. The Morgan fingerprint density at radius 1 is 1.39 bits per heavy atom. The van der Waals surface area contributed by atoms with Crippen molar-refractivity contribution in [3.05, 3.63) is 33.9 Å². The van der Waals surface area contributed by atoms with Crippen LogP contribution in [-0.2, 0) is 9.53 Å². The molecule has 1 aromatic heterocycles. The SMILES string of the molecule is C=C(Cl)/C=c1/cc(C(=O)NNC(=O)C2CCOCC2)[nH]/c1=C/N. The summed E-state index contributed by atoms with van der Waals surface area (Å²) in [6.45, 7) is 4.68. The van der Waals surface area contributed by atoms with Gasteiger partial charge in [-0.05, 0) is 25.0 Å². The molecule has 0 aromatic carbocycles. The molecule has 1 aliphatic heterocycles. The molecule has 1 aromatic rings. The van der Waals surface area contributed by atoms with Crippen LogP contribution in [0.4, 0.5) is 0 Å². The van der Waals surface area contributed by atoms with Crippen LogP contribution in [0.2, 0.25) is 0 Å². The second-order valence-electron chi connectivity index (χ2n) is 5.14. The Morgan fingerprint density at radius 3 is 2.70 bits per heavy atom. The maximum absolute atomic E-state index is 12.1. The van der Waals surface area contributed by atoms with Crippen molar-refractivity contribution >= 4 is 35.7 Å². The summed E-state index contributed by atoms with van der Waals surface area (Å²) in [6, 6.07) is 1.57. The molecule has 0 atom stereocenters. The van der Waals surface area contributed by atoms with Crippen molar-refractivity contribution in [2.24, 2.45) is 11.7 Å². The van der Waals surface area contributed by atoms with Crippen molar-refractivity contribution in [2.75, 3.05) is 13.2 Å². The molecule has 1 fully saturated rings. The predicted molar refractivity (Wildman–Crippen MR) is 87.3 cm³/mol. The van der Waals surface area contributed by atoms with E-state index in [0.29, 0.717) is 41.7 Å². The number of allylic oxidation sites excluding steroid dienone is 1. The molecule has 0 spiro atoms. The standard InChI is InChI=1S/C15H19ClN4O3/c1-9(16)6-11-7-12(18-13(11)8-17)15(22)20-19-14(21)10-2-4-23-5-3-10/h6-8,10,18H,1-5,17H2,(H,19,21)(H,20,22)/b11-6-,13-8+. The molecule has 8 heteroatoms. The van der Waals surface area contributed by atoms with E-state index in [1.54, 1.807) is 12.1 Å². The van der Waals surface area contributed by atoms with Gasteiger partial charge in [-0.3, -0.25) is 20.4 Å². The predicted octanol–water partition coefficient (Wildman–Crippen LogP) is -0.568. The summed E-state index contributed by atoms with van der Waals surface area (Å²) >= 11 is 5.73. The number of carbonyl (C=O) groups excluding carboxylic acids is 2. The van der Waals surface area contributed by atoms with Gasteiger partial charge in [-0.25, -0.2) is 0 Å². The van der Waals surface area contributed by atoms with Gasteiger partial charge in [0.2, 0.25) is 5.91 Å². The van der Waals surface area contributed by atoms with Crippen molar-refractivity contribution in [1.29, 1.82) is 0 Å². The summed E-state index contributed by atoms with van der Waals surface area (Å²) in [5.74, 6) is -0.850. The summed E-state index contributed by atoms with van der Waals surface area (Å²) < 4.78 is 5.20. The van der Waals surface area contributed by atoms with Gasteiger partial charge >= 0.3 is 0 Å². The number of hydrogen-bond acceptors (Lipinski definition) is 4. The van der Waals surface area contributed by atoms with Crippen molar-refractivity contribution < 1.29 is 14.3 Å². The van der Waals surface area contributed by atoms with Crippen molar-refractivity contribution in [2.45, 2.75) is 12.8 Å². The first kappa shape index (κ1) is 17.1. The van der Waals surface area contributed by atoms with Crippen LogP contribution in [0.15, 0.2) is 17.7 Å². The quantitative estimate of drug-likeness (QED) is 0.553. The molecular formula is C15H19ClN4O3. The van der Waals surface area contributed by atoms with Gasteiger partial charge in [0, 0.05) is 35.6 Å². The Labute approximate surface area is 138 Å². The van der Waals surface area contributed by atoms with E-state index >= 15 is 0 Å². The zero-order valence-electron chi connectivity index (χ0n) is 12.5. The average Bonchev–Trinajstić information content (AvgIpc) is 2.95. The topological polar surface area (TPSA) is 109 Å². The van der Waals surface area contributed by atoms with E-state index in [2.05, 4.69) is 22.4 Å². The summed E-state index contributed by atoms with van der Waals surface area (Å²) in [5, 5.41) is 1.48. The van der Waals surface area contributed by atoms with E-state index < -0.39 is 5.91 Å². The Balaban J connectivity index is 2.02. The number of ether oxygens (including phenoxy) is 1. The van der Waals surface area contributed by atoms with E-state index in [-0.39, 0.29) is 17.5 Å². The van der Waals surface area contributed by atoms with Gasteiger partial charge in [0.05, 0.1) is 5.35 Å². The third-order valence-corrected chi connectivity index (χ3v) is 3.60. The summed E-state index contributed by atoms with van der Waals surface area (Å²) in [7, 11) is 0. The number of aromatic amines is 1. The number of hydrazine groups is 1. The van der Waals surface area contributed by atoms with Crippen LogP contribution in [0.25, 0.3) is 12.3 Å². The van der Waals surface area contributed by atoms with E-state index in [1.165, 1.54) is 6.20 Å². The highest BCUT2D eigenvalue weighted by Crippen LogP contribution is 2.13. The Morgan fingerprint density at radius 2 is 2.09 bits per heavy atom. The fraction of sp³-hybridized carbons (Fsp3) is 0.333. The van der Waals surface area contributed by atoms with Gasteiger partial charge in [0.25, 0.3) is 5.91 Å². The molecule has 2 rings (SSSR count). The van der Waals surface area contributed by atoms with E-state index in [0.717, 1.165) is 0 Å². The highest BCUT2D eigenvalue weighted by Gasteiger charge is 2.22. The van der Waals surface area contributed by atoms with Crippen LogP contribution in [-0.4, -0.2) is 30.0 Å². The minimum atomic E-state index is -0.478. The van der Waals surface area contributed by atoms with Crippen molar-refractivity contribution in [3.8, 4) is 0 Å². The van der Waals surface area contributed by atoms with E-state index in [9.17, 15) is 9.59 Å². The number of halogens is 1. The Kier molecular flexibility index (Phi) is 5.84. The average molecular weight is 339 g/mol. The monoisotopic (exact) mass is 338 g/mol. The molecule has 5 N–H and O–H groups in total. The van der Waals surface area contributed by atoms with Gasteiger partial charge in [0.1, 0.15) is 5.69 Å². The van der Waals surface area contributed by atoms with E-state index in [1.807, 2.05) is 0 Å². The largest absolute Gasteiger partial charge is 0.403 e. The van der Waals surface area contributed by atoms with Crippen LogP contribution in [0.1, 0.15) is 23.3 Å². The zero-order valence-corrected chi connectivity index (χ0v) is 13.3. The molecule has 0 bridgehead atoms. The van der Waals surface area contributed by atoms with Crippen LogP contribution >= 0.6 is 11.6 Å². The number of hydrogen-bond donors (Lipinski definition) is 4. The summed E-state index contributed by atoms with van der Waals surface area (Å²) in [5.41, 5.74) is 10.6. The van der Waals surface area contributed by atoms with Crippen molar-refractivity contribution in [1.82, 2.24) is 15.8 Å². The zero-order chi connectivity index (χ0) is 16.8. The first-order chi connectivity index (χ1) is 11.0. The normalized spacial score (nSPS) is 17.1. The van der Waals surface area contributed by atoms with Gasteiger partial charge in [-0.1, -0.05) is 18.2 Å². The lowest BCUT2D eigenvalue weighted by Gasteiger charge is -2.21. The number of aromatic nitrogens is 1. The molecule has 2 heterocycles. The van der Waals surface area contributed by atoms with Gasteiger partial charge in [-0.2, -0.15) is 0 Å². The highest BCUT2D eigenvalue weighted by molar-refractivity contribution is 6.33. The lowest BCUT2D eigenvalue weighted by molar-refractivity contribution is -0.128. The third-order valence-electron chi connectivity index (χ3n) is 3.49. The third kappa shape index (κ3) is 4.61. The highest BCUT2D eigenvalue weighted by atomic mass is 35.5. The van der Waals surface area contributed by atoms with Gasteiger partial charge in [-0.15, -0.1) is 0 Å². The fourth-order valence-corrected chi connectivity index (χ4v) is 2.40. The molecular weight excluding hydrogens is 320 g/mol. The van der Waals surface area contributed by atoms with Crippen LogP contribution in [0, 0.1) is 5.92 Å². The van der Waals surface area contributed by atoms with Crippen LogP contribution in [0.3, 0.4) is 0 Å². The number of amides is 2. The maximum atomic E-state index is 12.1. The number of H-pyrrole nitrogens is 1. The van der Waals surface area contributed by atoms with Crippen LogP contribution in [0.5, 0.6) is 0 Å². The van der Waals surface area contributed by atoms with Gasteiger partial charge < -0.3 is 15.5 Å². The molecule has 0 aliphatic carbocycles. The number of nitrogens with one attached hydrogen (secondary N) is 3. The molecule has 2 amide bonds. The lowest BCUT2D eigenvalue weighted by Crippen LogP contribution is -2.45. The molecule has 7 nitrogen and oxygen atoms in total. The minimum absolute atomic E-state index is 0.149. The second kappa shape index (κ2) is 7.85. The number of nitrogens with two attached hydrogens (primary N) is 1. The molecule has 124 valence electrons. The molecule has 1 aliphatic rings. The Hall–Kier alpha value is -2.25. The lowest BCUT2D eigenvalue weighted by atomic mass is 10.00. The smallest absolute Gasteiger partial charge is 0.286 e. The molecule has 0 radical (unpaired) electrons. The van der Waals surface area contributed by atoms with E-state index in [4.69, 9.17) is 22.1 Å². The molecule has 1 saturated heterocycles. The number of rotatable bonds is 3. The molecule has 0 saturated carbocycles. The van der Waals surface area contributed by atoms with Crippen LogP contribution < -0.4 is 27.2 Å². The minimum Gasteiger partial charge on any atom is -0.403 e. The fourth-order valence-electron chi connectivity index (χ4n) is 2.28. The first-order valence-corrected chi connectivity index (χ1v) is 7.54. The summed E-state index contributed by atoms with van der Waals surface area (Å²) in [4.78, 5) is 26.9. The second-order valence-corrected chi connectivity index (χ2v) is 5.63. The molecule has 23 heavy (non-hydrogen) atoms. The van der Waals surface area contributed by atoms with Crippen molar-refractivity contribution in [3.63, 3.8) is 0 Å². The Bertz CT molecular complexity index is 720. The summed E-state index contributed by atoms with van der Waals surface area (Å²) in [6.07, 6.45) is 4.19. The number of carbonyl (C=O) groups is 2. The van der Waals surface area contributed by atoms with Gasteiger partial charge in [0.15, 0.2) is 0 Å². The first-order valence-electron chi connectivity index (χ1n) is 7.16.